The molecule has 0 aromatic heterocycles. The monoisotopic (exact) mass is 408 g/mol. The Kier molecular flexibility index (Phi) is 5.82. The van der Waals surface area contributed by atoms with Gasteiger partial charge in [-0.05, 0) is 86.2 Å². The second-order valence-electron chi connectivity index (χ2n) is 9.03. The van der Waals surface area contributed by atoms with Gasteiger partial charge >= 0.3 is 0 Å². The van der Waals surface area contributed by atoms with Crippen LogP contribution in [0.25, 0.3) is 16.7 Å². The molecule has 0 amide bonds. The molecule has 2 heteroatoms. The van der Waals surface area contributed by atoms with Crippen LogP contribution in [0.15, 0.2) is 77.8 Å². The Morgan fingerprint density at radius 2 is 1.58 bits per heavy atom. The number of anilines is 1. The van der Waals surface area contributed by atoms with E-state index in [-0.39, 0.29) is 5.54 Å². The highest BCUT2D eigenvalue weighted by atomic mass is 15.2. The van der Waals surface area contributed by atoms with Crippen molar-refractivity contribution in [2.75, 3.05) is 11.4 Å². The van der Waals surface area contributed by atoms with Crippen molar-refractivity contribution in [1.82, 2.24) is 0 Å². The van der Waals surface area contributed by atoms with E-state index in [0.717, 1.165) is 18.7 Å². The summed E-state index contributed by atoms with van der Waals surface area (Å²) < 4.78 is 0. The van der Waals surface area contributed by atoms with Crippen molar-refractivity contribution < 1.29 is 0 Å². The van der Waals surface area contributed by atoms with E-state index in [1.807, 2.05) is 12.3 Å². The lowest BCUT2D eigenvalue weighted by Crippen LogP contribution is -2.45. The minimum absolute atomic E-state index is 0.0373. The number of hydrogen-bond acceptors (Lipinski definition) is 2. The van der Waals surface area contributed by atoms with Gasteiger partial charge in [-0.15, -0.1) is 0 Å². The number of aliphatic imine (C=N–C) groups is 1. The van der Waals surface area contributed by atoms with Crippen LogP contribution in [0.2, 0.25) is 0 Å². The highest BCUT2D eigenvalue weighted by Crippen LogP contribution is 2.40. The second kappa shape index (κ2) is 8.55. The molecular weight excluding hydrogens is 376 g/mol. The van der Waals surface area contributed by atoms with Gasteiger partial charge in [0.1, 0.15) is 0 Å². The third kappa shape index (κ3) is 4.34. The zero-order valence-corrected chi connectivity index (χ0v) is 19.3. The summed E-state index contributed by atoms with van der Waals surface area (Å²) in [5.41, 5.74) is 9.88. The maximum absolute atomic E-state index is 4.77. The maximum Gasteiger partial charge on any atom is 0.0630 e. The molecule has 1 aliphatic rings. The summed E-state index contributed by atoms with van der Waals surface area (Å²) in [6.45, 7) is 12.3. The topological polar surface area (TPSA) is 15.6 Å². The number of fused-ring (bicyclic) bond motifs is 1. The molecule has 1 aliphatic heterocycles. The van der Waals surface area contributed by atoms with Crippen LogP contribution in [0, 0.1) is 6.92 Å². The summed E-state index contributed by atoms with van der Waals surface area (Å²) >= 11 is 0. The summed E-state index contributed by atoms with van der Waals surface area (Å²) in [7, 11) is 0. The van der Waals surface area contributed by atoms with Crippen molar-refractivity contribution >= 4 is 23.2 Å². The first kappa shape index (κ1) is 21.1. The molecule has 0 aliphatic carbocycles. The number of nitrogens with zero attached hydrogens (tertiary/aromatic N) is 2. The Morgan fingerprint density at radius 1 is 0.903 bits per heavy atom. The summed E-state index contributed by atoms with van der Waals surface area (Å²) in [5, 5.41) is 0. The van der Waals surface area contributed by atoms with Crippen LogP contribution < -0.4 is 4.90 Å². The normalized spacial score (nSPS) is 15.1. The minimum Gasteiger partial charge on any atom is -0.362 e. The molecule has 0 unspecified atom stereocenters. The van der Waals surface area contributed by atoms with Crippen LogP contribution in [-0.4, -0.2) is 18.3 Å². The van der Waals surface area contributed by atoms with Gasteiger partial charge in [0, 0.05) is 24.0 Å². The average Bonchev–Trinajstić information content (AvgIpc) is 2.76. The van der Waals surface area contributed by atoms with Gasteiger partial charge in [-0.3, -0.25) is 4.99 Å². The molecule has 0 saturated heterocycles. The third-order valence-corrected chi connectivity index (χ3v) is 6.14. The van der Waals surface area contributed by atoms with Gasteiger partial charge in [0.05, 0.1) is 11.2 Å². The number of rotatable bonds is 5. The van der Waals surface area contributed by atoms with Crippen molar-refractivity contribution in [2.45, 2.75) is 46.6 Å². The van der Waals surface area contributed by atoms with Crippen LogP contribution in [0.4, 0.5) is 11.4 Å². The summed E-state index contributed by atoms with van der Waals surface area (Å²) in [6, 6.07) is 23.5. The van der Waals surface area contributed by atoms with Crippen molar-refractivity contribution in [3.05, 3.63) is 89.5 Å². The van der Waals surface area contributed by atoms with Crippen molar-refractivity contribution in [3.63, 3.8) is 0 Å². The van der Waals surface area contributed by atoms with E-state index >= 15 is 0 Å². The van der Waals surface area contributed by atoms with E-state index < -0.39 is 0 Å². The van der Waals surface area contributed by atoms with Gasteiger partial charge in [-0.2, -0.15) is 0 Å². The summed E-state index contributed by atoms with van der Waals surface area (Å²) in [5.74, 6) is 0. The molecule has 158 valence electrons. The predicted octanol–water partition coefficient (Wildman–Crippen LogP) is 7.82. The largest absolute Gasteiger partial charge is 0.362 e. The molecule has 0 fully saturated rings. The van der Waals surface area contributed by atoms with E-state index in [1.54, 1.807) is 0 Å². The van der Waals surface area contributed by atoms with Gasteiger partial charge < -0.3 is 4.90 Å². The molecule has 1 heterocycles. The summed E-state index contributed by atoms with van der Waals surface area (Å²) in [6.07, 6.45) is 5.53. The third-order valence-electron chi connectivity index (χ3n) is 6.14. The summed E-state index contributed by atoms with van der Waals surface area (Å²) in [4.78, 5) is 7.31. The lowest BCUT2D eigenvalue weighted by Gasteiger charge is -2.43. The Hall–Kier alpha value is -3.13. The van der Waals surface area contributed by atoms with Crippen LogP contribution in [0.3, 0.4) is 0 Å². The lowest BCUT2D eigenvalue weighted by atomic mass is 9.87. The number of aryl methyl sites for hydroxylation is 1. The molecule has 0 bridgehead atoms. The van der Waals surface area contributed by atoms with Crippen LogP contribution >= 0.6 is 0 Å². The SMILES string of the molecule is CCCN1c2cc(C)c(C=Nc3ccc(-c4ccccc4)cc3)cc2C(C)=CC1(C)C. The first-order chi connectivity index (χ1) is 14.9. The van der Waals surface area contributed by atoms with E-state index in [1.165, 1.54) is 39.1 Å². The molecule has 31 heavy (non-hydrogen) atoms. The van der Waals surface area contributed by atoms with E-state index in [0.29, 0.717) is 0 Å². The maximum atomic E-state index is 4.77. The molecule has 3 aromatic carbocycles. The molecule has 3 aromatic rings. The fourth-order valence-corrected chi connectivity index (χ4v) is 4.53. The second-order valence-corrected chi connectivity index (χ2v) is 9.03. The quantitative estimate of drug-likeness (QED) is 0.393. The standard InChI is InChI=1S/C29H32N2/c1-6-16-31-28-17-21(2)25(18-27(28)22(3)19-29(31,4)5)20-30-26-14-12-24(13-15-26)23-10-8-7-9-11-23/h7-15,17-20H,6,16H2,1-5H3. The van der Waals surface area contributed by atoms with Crippen molar-refractivity contribution in [1.29, 1.82) is 0 Å². The van der Waals surface area contributed by atoms with E-state index in [4.69, 9.17) is 4.99 Å². The van der Waals surface area contributed by atoms with Crippen molar-refractivity contribution in [2.24, 2.45) is 4.99 Å². The van der Waals surface area contributed by atoms with Gasteiger partial charge in [-0.1, -0.05) is 55.5 Å². The first-order valence-electron chi connectivity index (χ1n) is 11.2. The molecule has 0 N–H and O–H groups in total. The molecule has 0 saturated carbocycles. The Morgan fingerprint density at radius 3 is 2.26 bits per heavy atom. The molecule has 0 atom stereocenters. The lowest BCUT2D eigenvalue weighted by molar-refractivity contribution is 0.550. The molecule has 0 radical (unpaired) electrons. The predicted molar refractivity (Wildman–Crippen MR) is 136 cm³/mol. The van der Waals surface area contributed by atoms with E-state index in [9.17, 15) is 0 Å². The molecule has 2 nitrogen and oxygen atoms in total. The van der Waals surface area contributed by atoms with Gasteiger partial charge in [0.2, 0.25) is 0 Å². The van der Waals surface area contributed by atoms with Crippen LogP contribution in [0.1, 0.15) is 50.8 Å². The van der Waals surface area contributed by atoms with Gasteiger partial charge in [0.25, 0.3) is 0 Å². The first-order valence-corrected chi connectivity index (χ1v) is 11.2. The molecule has 0 spiro atoms. The Bertz CT molecular complexity index is 1120. The minimum atomic E-state index is 0.0373. The average molecular weight is 409 g/mol. The highest BCUT2D eigenvalue weighted by molar-refractivity contribution is 5.90. The number of benzene rings is 3. The van der Waals surface area contributed by atoms with Crippen LogP contribution in [-0.2, 0) is 0 Å². The number of hydrogen-bond donors (Lipinski definition) is 0. The van der Waals surface area contributed by atoms with E-state index in [2.05, 4.69) is 106 Å². The molecule has 4 rings (SSSR count). The van der Waals surface area contributed by atoms with Gasteiger partial charge in [-0.25, -0.2) is 0 Å². The smallest absolute Gasteiger partial charge is 0.0630 e. The zero-order chi connectivity index (χ0) is 22.0. The number of allylic oxidation sites excluding steroid dienone is 1. The Balaban J connectivity index is 1.63. The fourth-order valence-electron chi connectivity index (χ4n) is 4.53. The fraction of sp³-hybridized carbons (Fsp3) is 0.276. The van der Waals surface area contributed by atoms with Crippen molar-refractivity contribution in [3.8, 4) is 11.1 Å². The zero-order valence-electron chi connectivity index (χ0n) is 19.3. The highest BCUT2D eigenvalue weighted by Gasteiger charge is 2.31. The van der Waals surface area contributed by atoms with Crippen LogP contribution in [0.5, 0.6) is 0 Å². The Labute approximate surface area is 187 Å². The van der Waals surface area contributed by atoms with Gasteiger partial charge in [0.15, 0.2) is 0 Å². The molecular formula is C29H32N2.